The van der Waals surface area contributed by atoms with E-state index >= 15 is 0 Å². The van der Waals surface area contributed by atoms with E-state index in [4.69, 9.17) is 20.9 Å². The predicted octanol–water partition coefficient (Wildman–Crippen LogP) is 4.56. The lowest BCUT2D eigenvalue weighted by Crippen LogP contribution is -2.02. The number of rotatable bonds is 5. The zero-order chi connectivity index (χ0) is 17.9. The zero-order valence-corrected chi connectivity index (χ0v) is 14.7. The standard InChI is InChI=1S/C19H15ClN4O2/c1-25-15-7-2-4-12(8-15)10-21-18-16-17(13-5-3-6-14(20)9-13)24-26-19(16)23-11-22-18/h2-9,11H,10H2,1H3,(H,21,22,23). The molecule has 6 nitrogen and oxygen atoms in total. The van der Waals surface area contributed by atoms with Crippen molar-refractivity contribution in [3.05, 3.63) is 65.4 Å². The summed E-state index contributed by atoms with van der Waals surface area (Å²) in [4.78, 5) is 8.52. The average molecular weight is 367 g/mol. The fraction of sp³-hybridized carbons (Fsp3) is 0.105. The molecule has 0 radical (unpaired) electrons. The van der Waals surface area contributed by atoms with Gasteiger partial charge in [0, 0.05) is 17.1 Å². The molecule has 0 saturated carbocycles. The number of halogens is 1. The highest BCUT2D eigenvalue weighted by molar-refractivity contribution is 6.30. The minimum absolute atomic E-state index is 0.420. The van der Waals surface area contributed by atoms with Crippen LogP contribution in [-0.4, -0.2) is 22.2 Å². The van der Waals surface area contributed by atoms with Gasteiger partial charge < -0.3 is 14.6 Å². The van der Waals surface area contributed by atoms with Gasteiger partial charge in [0.1, 0.15) is 29.0 Å². The third-order valence-corrected chi connectivity index (χ3v) is 4.20. The Morgan fingerprint density at radius 3 is 2.85 bits per heavy atom. The van der Waals surface area contributed by atoms with Crippen molar-refractivity contribution in [2.45, 2.75) is 6.54 Å². The minimum atomic E-state index is 0.420. The first-order valence-corrected chi connectivity index (χ1v) is 8.35. The van der Waals surface area contributed by atoms with Crippen LogP contribution < -0.4 is 10.1 Å². The zero-order valence-electron chi connectivity index (χ0n) is 13.9. The van der Waals surface area contributed by atoms with E-state index in [1.165, 1.54) is 6.33 Å². The Balaban J connectivity index is 1.70. The maximum absolute atomic E-state index is 6.11. The summed E-state index contributed by atoms with van der Waals surface area (Å²) in [7, 11) is 1.65. The molecule has 0 aliphatic rings. The number of fused-ring (bicyclic) bond motifs is 1. The summed E-state index contributed by atoms with van der Waals surface area (Å²) in [6.45, 7) is 0.573. The molecule has 2 heterocycles. The number of hydrogen-bond donors (Lipinski definition) is 1. The van der Waals surface area contributed by atoms with Crippen LogP contribution in [0.1, 0.15) is 5.56 Å². The van der Waals surface area contributed by atoms with Crippen LogP contribution in [-0.2, 0) is 6.54 Å². The Bertz CT molecular complexity index is 1060. The van der Waals surface area contributed by atoms with Crippen LogP contribution in [0.25, 0.3) is 22.4 Å². The predicted molar refractivity (Wildman–Crippen MR) is 100 cm³/mol. The van der Waals surface area contributed by atoms with E-state index in [9.17, 15) is 0 Å². The number of nitrogens with zero attached hydrogens (tertiary/aromatic N) is 3. The second kappa shape index (κ2) is 7.01. The SMILES string of the molecule is COc1cccc(CNc2ncnc3onc(-c4cccc(Cl)c4)c23)c1. The van der Waals surface area contributed by atoms with Gasteiger partial charge in [-0.1, -0.05) is 41.0 Å². The quantitative estimate of drug-likeness (QED) is 0.558. The summed E-state index contributed by atoms with van der Waals surface area (Å²) in [5, 5.41) is 8.83. The monoisotopic (exact) mass is 366 g/mol. The Hall–Kier alpha value is -3.12. The summed E-state index contributed by atoms with van der Waals surface area (Å²) < 4.78 is 10.6. The third-order valence-electron chi connectivity index (χ3n) is 3.96. The summed E-state index contributed by atoms with van der Waals surface area (Å²) in [6.07, 6.45) is 1.45. The molecule has 0 bridgehead atoms. The van der Waals surface area contributed by atoms with E-state index in [1.54, 1.807) is 7.11 Å². The van der Waals surface area contributed by atoms with Crippen molar-refractivity contribution in [2.75, 3.05) is 12.4 Å². The van der Waals surface area contributed by atoms with Crippen molar-refractivity contribution >= 4 is 28.5 Å². The molecule has 4 rings (SSSR count). The van der Waals surface area contributed by atoms with Crippen LogP contribution in [0.15, 0.2) is 59.4 Å². The molecular weight excluding hydrogens is 352 g/mol. The number of anilines is 1. The summed E-state index contributed by atoms with van der Waals surface area (Å²) in [6, 6.07) is 15.3. The number of hydrogen-bond acceptors (Lipinski definition) is 6. The molecule has 2 aromatic carbocycles. The van der Waals surface area contributed by atoms with Crippen LogP contribution in [0.5, 0.6) is 5.75 Å². The Morgan fingerprint density at radius 1 is 1.12 bits per heavy atom. The van der Waals surface area contributed by atoms with Crippen molar-refractivity contribution in [1.82, 2.24) is 15.1 Å². The van der Waals surface area contributed by atoms with E-state index in [-0.39, 0.29) is 0 Å². The van der Waals surface area contributed by atoms with Gasteiger partial charge in [-0.25, -0.2) is 4.98 Å². The third kappa shape index (κ3) is 3.19. The molecule has 0 fully saturated rings. The number of methoxy groups -OCH3 is 1. The van der Waals surface area contributed by atoms with Crippen molar-refractivity contribution in [1.29, 1.82) is 0 Å². The van der Waals surface area contributed by atoms with E-state index in [1.807, 2.05) is 48.5 Å². The van der Waals surface area contributed by atoms with Gasteiger partial charge in [0.05, 0.1) is 7.11 Å². The lowest BCUT2D eigenvalue weighted by molar-refractivity contribution is 0.414. The van der Waals surface area contributed by atoms with Crippen LogP contribution in [0.3, 0.4) is 0 Å². The van der Waals surface area contributed by atoms with Gasteiger partial charge in [0.25, 0.3) is 5.71 Å². The molecule has 0 aliphatic heterocycles. The fourth-order valence-electron chi connectivity index (χ4n) is 2.72. The highest BCUT2D eigenvalue weighted by Crippen LogP contribution is 2.32. The first-order valence-electron chi connectivity index (χ1n) is 7.98. The fourth-order valence-corrected chi connectivity index (χ4v) is 2.91. The van der Waals surface area contributed by atoms with Crippen molar-refractivity contribution < 1.29 is 9.26 Å². The molecule has 0 spiro atoms. The smallest absolute Gasteiger partial charge is 0.263 e. The second-order valence-electron chi connectivity index (χ2n) is 5.65. The summed E-state index contributed by atoms with van der Waals surface area (Å²) >= 11 is 6.11. The van der Waals surface area contributed by atoms with E-state index < -0.39 is 0 Å². The molecule has 0 unspecified atom stereocenters. The molecule has 0 aliphatic carbocycles. The number of aromatic nitrogens is 3. The number of nitrogens with one attached hydrogen (secondary N) is 1. The molecule has 0 saturated heterocycles. The molecule has 0 amide bonds. The molecule has 7 heteroatoms. The highest BCUT2D eigenvalue weighted by Gasteiger charge is 2.17. The minimum Gasteiger partial charge on any atom is -0.497 e. The van der Waals surface area contributed by atoms with Crippen molar-refractivity contribution in [2.24, 2.45) is 0 Å². The summed E-state index contributed by atoms with van der Waals surface area (Å²) in [5.41, 5.74) is 2.98. The normalized spacial score (nSPS) is 10.8. The maximum atomic E-state index is 6.11. The molecule has 4 aromatic rings. The Kier molecular flexibility index (Phi) is 4.41. The van der Waals surface area contributed by atoms with E-state index in [2.05, 4.69) is 20.4 Å². The number of ether oxygens (including phenoxy) is 1. The van der Waals surface area contributed by atoms with E-state index in [0.29, 0.717) is 28.8 Å². The van der Waals surface area contributed by atoms with Crippen LogP contribution in [0.2, 0.25) is 5.02 Å². The molecule has 2 aromatic heterocycles. The van der Waals surface area contributed by atoms with Gasteiger partial charge in [0.15, 0.2) is 0 Å². The van der Waals surface area contributed by atoms with Crippen LogP contribution in [0.4, 0.5) is 5.82 Å². The molecule has 1 N–H and O–H groups in total. The van der Waals surface area contributed by atoms with Gasteiger partial charge in [-0.2, -0.15) is 4.98 Å². The highest BCUT2D eigenvalue weighted by atomic mass is 35.5. The van der Waals surface area contributed by atoms with E-state index in [0.717, 1.165) is 22.3 Å². The topological polar surface area (TPSA) is 73.1 Å². The largest absolute Gasteiger partial charge is 0.497 e. The van der Waals surface area contributed by atoms with Gasteiger partial charge in [-0.15, -0.1) is 0 Å². The van der Waals surface area contributed by atoms with Crippen molar-refractivity contribution in [3.63, 3.8) is 0 Å². The van der Waals surface area contributed by atoms with Gasteiger partial charge in [0.2, 0.25) is 0 Å². The maximum Gasteiger partial charge on any atom is 0.263 e. The Labute approximate surface area is 154 Å². The average Bonchev–Trinajstić information content (AvgIpc) is 3.11. The lowest BCUT2D eigenvalue weighted by Gasteiger charge is -2.08. The van der Waals surface area contributed by atoms with Gasteiger partial charge >= 0.3 is 0 Å². The Morgan fingerprint density at radius 2 is 2.00 bits per heavy atom. The molecular formula is C19H15ClN4O2. The summed E-state index contributed by atoms with van der Waals surface area (Å²) in [5.74, 6) is 1.45. The second-order valence-corrected chi connectivity index (χ2v) is 6.09. The van der Waals surface area contributed by atoms with Crippen LogP contribution >= 0.6 is 11.6 Å². The lowest BCUT2D eigenvalue weighted by atomic mass is 10.1. The molecule has 130 valence electrons. The first-order chi connectivity index (χ1) is 12.7. The van der Waals surface area contributed by atoms with Gasteiger partial charge in [-0.3, -0.25) is 0 Å². The number of benzene rings is 2. The first kappa shape index (κ1) is 16.4. The molecule has 0 atom stereocenters. The van der Waals surface area contributed by atoms with Crippen LogP contribution in [0, 0.1) is 0 Å². The molecule has 26 heavy (non-hydrogen) atoms. The van der Waals surface area contributed by atoms with Gasteiger partial charge in [-0.05, 0) is 29.8 Å². The van der Waals surface area contributed by atoms with Crippen molar-refractivity contribution in [3.8, 4) is 17.0 Å².